The van der Waals surface area contributed by atoms with Gasteiger partial charge in [0.2, 0.25) is 5.96 Å². The number of hydrogen-bond donors (Lipinski definition) is 3. The van der Waals surface area contributed by atoms with Crippen molar-refractivity contribution in [2.45, 2.75) is 57.2 Å². The highest BCUT2D eigenvalue weighted by molar-refractivity contribution is 5.79. The van der Waals surface area contributed by atoms with Crippen molar-refractivity contribution in [3.8, 4) is 0 Å². The second-order valence-corrected chi connectivity index (χ2v) is 5.18. The summed E-state index contributed by atoms with van der Waals surface area (Å²) in [4.78, 5) is 6.87. The Balaban J connectivity index is 1.93. The van der Waals surface area contributed by atoms with Gasteiger partial charge in [-0.1, -0.05) is 6.42 Å². The lowest BCUT2D eigenvalue weighted by atomic mass is 9.82. The molecular formula is C12H25N5. The Kier molecular flexibility index (Phi) is 4.23. The van der Waals surface area contributed by atoms with Gasteiger partial charge < -0.3 is 10.2 Å². The predicted octanol–water partition coefficient (Wildman–Crippen LogP) is 0.431. The lowest BCUT2D eigenvalue weighted by molar-refractivity contribution is 0.0526. The van der Waals surface area contributed by atoms with E-state index in [2.05, 4.69) is 27.7 Å². The number of piperidine rings is 2. The van der Waals surface area contributed by atoms with Gasteiger partial charge in [-0.2, -0.15) is 0 Å². The van der Waals surface area contributed by atoms with E-state index in [1.165, 1.54) is 32.1 Å². The molecule has 0 saturated carbocycles. The number of fused-ring (bicyclic) bond motifs is 2. The van der Waals surface area contributed by atoms with Gasteiger partial charge in [0.15, 0.2) is 0 Å². The zero-order chi connectivity index (χ0) is 12.3. The van der Waals surface area contributed by atoms with Gasteiger partial charge in [0.05, 0.1) is 0 Å². The van der Waals surface area contributed by atoms with Crippen LogP contribution in [0.25, 0.3) is 0 Å². The maximum Gasteiger partial charge on any atom is 0.205 e. The maximum atomic E-state index is 5.47. The smallest absolute Gasteiger partial charge is 0.205 e. The van der Waals surface area contributed by atoms with Crippen LogP contribution >= 0.6 is 0 Å². The molecule has 5 heteroatoms. The van der Waals surface area contributed by atoms with Gasteiger partial charge in [-0.3, -0.25) is 10.4 Å². The van der Waals surface area contributed by atoms with Crippen molar-refractivity contribution in [3.05, 3.63) is 0 Å². The van der Waals surface area contributed by atoms with Crippen LogP contribution in [0.15, 0.2) is 4.99 Å². The Hall–Kier alpha value is -0.810. The molecule has 98 valence electrons. The summed E-state index contributed by atoms with van der Waals surface area (Å²) >= 11 is 0. The zero-order valence-electron chi connectivity index (χ0n) is 10.9. The minimum Gasteiger partial charge on any atom is -0.352 e. The van der Waals surface area contributed by atoms with Crippen molar-refractivity contribution in [2.24, 2.45) is 10.8 Å². The van der Waals surface area contributed by atoms with E-state index in [4.69, 9.17) is 5.84 Å². The number of nitrogens with two attached hydrogens (primary N) is 1. The monoisotopic (exact) mass is 239 g/mol. The first kappa shape index (κ1) is 12.6. The summed E-state index contributed by atoms with van der Waals surface area (Å²) in [5, 5.41) is 3.44. The molecule has 2 aliphatic rings. The topological polar surface area (TPSA) is 65.7 Å². The van der Waals surface area contributed by atoms with E-state index in [-0.39, 0.29) is 0 Å². The minimum atomic E-state index is 0.517. The molecule has 2 saturated heterocycles. The van der Waals surface area contributed by atoms with Crippen LogP contribution in [0, 0.1) is 0 Å². The molecule has 0 spiro atoms. The van der Waals surface area contributed by atoms with Gasteiger partial charge in [0.1, 0.15) is 0 Å². The largest absolute Gasteiger partial charge is 0.352 e. The highest BCUT2D eigenvalue weighted by atomic mass is 15.3. The molecule has 17 heavy (non-hydrogen) atoms. The quantitative estimate of drug-likeness (QED) is 0.283. The molecule has 5 nitrogen and oxygen atoms in total. The van der Waals surface area contributed by atoms with E-state index in [0.717, 1.165) is 24.6 Å². The molecule has 4 N–H and O–H groups in total. The van der Waals surface area contributed by atoms with Crippen molar-refractivity contribution in [1.82, 2.24) is 15.6 Å². The third kappa shape index (κ3) is 2.90. The second-order valence-electron chi connectivity index (χ2n) is 5.18. The average molecular weight is 239 g/mol. The number of nitrogens with zero attached hydrogens (tertiary/aromatic N) is 2. The normalized spacial score (nSPS) is 34.5. The van der Waals surface area contributed by atoms with Gasteiger partial charge >= 0.3 is 0 Å². The Morgan fingerprint density at radius 2 is 2.00 bits per heavy atom. The Morgan fingerprint density at radius 3 is 2.53 bits per heavy atom. The average Bonchev–Trinajstić information content (AvgIpc) is 2.29. The molecule has 2 fully saturated rings. The van der Waals surface area contributed by atoms with Crippen molar-refractivity contribution in [2.75, 3.05) is 13.6 Å². The summed E-state index contributed by atoms with van der Waals surface area (Å²) in [5.74, 6) is 6.20. The number of hydrogen-bond acceptors (Lipinski definition) is 3. The van der Waals surface area contributed by atoms with Crippen LogP contribution in [-0.4, -0.2) is 42.6 Å². The molecule has 2 aliphatic heterocycles. The fourth-order valence-electron chi connectivity index (χ4n) is 3.22. The summed E-state index contributed by atoms with van der Waals surface area (Å²) in [6, 6.07) is 1.99. The van der Waals surface area contributed by atoms with Gasteiger partial charge in [-0.25, -0.2) is 5.84 Å². The number of aliphatic imine (C=N–C) groups is 1. The predicted molar refractivity (Wildman–Crippen MR) is 70.6 cm³/mol. The van der Waals surface area contributed by atoms with Crippen molar-refractivity contribution in [1.29, 1.82) is 0 Å². The van der Waals surface area contributed by atoms with Crippen LogP contribution in [0.2, 0.25) is 0 Å². The van der Waals surface area contributed by atoms with Crippen LogP contribution in [0.5, 0.6) is 0 Å². The lowest BCUT2D eigenvalue weighted by Gasteiger charge is -2.47. The Bertz CT molecular complexity index is 264. The molecule has 2 bridgehead atoms. The summed E-state index contributed by atoms with van der Waals surface area (Å²) in [5.41, 5.74) is 2.65. The van der Waals surface area contributed by atoms with E-state index in [0.29, 0.717) is 6.04 Å². The van der Waals surface area contributed by atoms with Gasteiger partial charge in [0.25, 0.3) is 0 Å². The number of rotatable bonds is 2. The molecule has 2 atom stereocenters. The Morgan fingerprint density at radius 1 is 1.35 bits per heavy atom. The third-order valence-corrected chi connectivity index (χ3v) is 4.13. The van der Waals surface area contributed by atoms with Crippen LogP contribution in [0.1, 0.15) is 39.0 Å². The summed E-state index contributed by atoms with van der Waals surface area (Å²) in [6.07, 6.45) is 6.47. The lowest BCUT2D eigenvalue weighted by Crippen LogP contribution is -2.57. The maximum absolute atomic E-state index is 5.47. The molecule has 0 aromatic heterocycles. The van der Waals surface area contributed by atoms with Crippen LogP contribution < -0.4 is 16.6 Å². The summed E-state index contributed by atoms with van der Waals surface area (Å²) < 4.78 is 0. The molecule has 0 amide bonds. The van der Waals surface area contributed by atoms with Crippen molar-refractivity contribution in [3.63, 3.8) is 0 Å². The highest BCUT2D eigenvalue weighted by Gasteiger charge is 2.36. The third-order valence-electron chi connectivity index (χ3n) is 4.13. The molecule has 0 aromatic carbocycles. The molecule has 0 radical (unpaired) electrons. The van der Waals surface area contributed by atoms with E-state index in [1.807, 2.05) is 6.92 Å². The number of guanidine groups is 1. The zero-order valence-corrected chi connectivity index (χ0v) is 10.9. The summed E-state index contributed by atoms with van der Waals surface area (Å²) in [6.45, 7) is 2.77. The molecule has 2 rings (SSSR count). The first-order valence-electron chi connectivity index (χ1n) is 6.74. The van der Waals surface area contributed by atoms with Gasteiger partial charge in [-0.05, 0) is 39.7 Å². The van der Waals surface area contributed by atoms with E-state index in [9.17, 15) is 0 Å². The van der Waals surface area contributed by atoms with Crippen LogP contribution in [0.4, 0.5) is 0 Å². The molecule has 0 aliphatic carbocycles. The minimum absolute atomic E-state index is 0.517. The van der Waals surface area contributed by atoms with Crippen LogP contribution in [0.3, 0.4) is 0 Å². The fourth-order valence-corrected chi connectivity index (χ4v) is 3.22. The first-order valence-corrected chi connectivity index (χ1v) is 6.74. The van der Waals surface area contributed by atoms with Crippen LogP contribution in [-0.2, 0) is 0 Å². The van der Waals surface area contributed by atoms with Crippen molar-refractivity contribution < 1.29 is 0 Å². The highest BCUT2D eigenvalue weighted by Crippen LogP contribution is 2.32. The molecule has 2 heterocycles. The first-order chi connectivity index (χ1) is 8.24. The van der Waals surface area contributed by atoms with Gasteiger partial charge in [0, 0.05) is 24.7 Å². The van der Waals surface area contributed by atoms with E-state index in [1.54, 1.807) is 0 Å². The molecule has 0 aromatic rings. The van der Waals surface area contributed by atoms with E-state index >= 15 is 0 Å². The summed E-state index contributed by atoms with van der Waals surface area (Å²) in [7, 11) is 2.27. The Labute approximate surface area is 104 Å². The van der Waals surface area contributed by atoms with E-state index < -0.39 is 0 Å². The second kappa shape index (κ2) is 5.69. The van der Waals surface area contributed by atoms with Crippen molar-refractivity contribution >= 4 is 5.96 Å². The molecule has 2 unspecified atom stereocenters. The SMILES string of the molecule is CCN=C(NN)NC1CC2CCCC(C1)N2C. The molecular weight excluding hydrogens is 214 g/mol. The fraction of sp³-hybridized carbons (Fsp3) is 0.917. The number of nitrogens with one attached hydrogen (secondary N) is 2. The standard InChI is InChI=1S/C12H25N5/c1-3-14-12(16-13)15-9-7-10-5-4-6-11(8-9)17(10)2/h9-11H,3-8,13H2,1-2H3,(H2,14,15,16). The number of hydrazine groups is 1. The van der Waals surface area contributed by atoms with Gasteiger partial charge in [-0.15, -0.1) is 0 Å².